The third-order valence-electron chi connectivity index (χ3n) is 6.84. The Labute approximate surface area is 232 Å². The molecule has 1 aliphatic heterocycles. The predicted octanol–water partition coefficient (Wildman–Crippen LogP) is 5.85. The van der Waals surface area contributed by atoms with Gasteiger partial charge in [-0.2, -0.15) is 13.2 Å². The Morgan fingerprint density at radius 2 is 1.90 bits per heavy atom. The molecule has 1 fully saturated rings. The Morgan fingerprint density at radius 3 is 2.60 bits per heavy atom. The number of fused-ring (bicyclic) bond motifs is 1. The maximum atomic E-state index is 13.9. The second-order valence-electron chi connectivity index (χ2n) is 10.1. The second-order valence-corrected chi connectivity index (χ2v) is 10.1. The summed E-state index contributed by atoms with van der Waals surface area (Å²) < 4.78 is 56.8. The molecule has 1 amide bonds. The van der Waals surface area contributed by atoms with E-state index in [1.165, 1.54) is 6.07 Å². The number of para-hydroxylation sites is 1. The smallest absolute Gasteiger partial charge is 0.416 e. The number of benzene rings is 2. The molecule has 4 rings (SSSR count). The Kier molecular flexibility index (Phi) is 9.86. The number of ether oxygens (including phenoxy) is 3. The maximum Gasteiger partial charge on any atom is 0.416 e. The van der Waals surface area contributed by atoms with Gasteiger partial charge in [0.15, 0.2) is 0 Å². The topological polar surface area (TPSA) is 72.9 Å². The lowest BCUT2D eigenvalue weighted by atomic mass is 10.0. The van der Waals surface area contributed by atoms with Crippen LogP contribution in [-0.2, 0) is 17.5 Å². The van der Waals surface area contributed by atoms with E-state index in [1.807, 2.05) is 24.8 Å². The lowest BCUT2D eigenvalue weighted by molar-refractivity contribution is -0.137. The van der Waals surface area contributed by atoms with Gasteiger partial charge in [-0.1, -0.05) is 18.2 Å². The Bertz CT molecular complexity index is 1290. The van der Waals surface area contributed by atoms with Crippen molar-refractivity contribution in [2.45, 2.75) is 58.0 Å². The summed E-state index contributed by atoms with van der Waals surface area (Å²) in [5, 5.41) is 4.02. The lowest BCUT2D eigenvalue weighted by Gasteiger charge is -2.37. The fraction of sp³-hybridized carbons (Fsp3) is 0.467. The summed E-state index contributed by atoms with van der Waals surface area (Å²) in [5.74, 6) is 0.626. The molecule has 0 unspecified atom stereocenters. The number of carbonyl (C=O) groups is 1. The summed E-state index contributed by atoms with van der Waals surface area (Å²) in [6, 6.07) is 12.0. The average Bonchev–Trinajstić information content (AvgIpc) is 2.94. The van der Waals surface area contributed by atoms with Crippen LogP contribution in [0.2, 0.25) is 0 Å². The summed E-state index contributed by atoms with van der Waals surface area (Å²) in [5.41, 5.74) is 0.261. The number of halogens is 3. The number of pyridine rings is 1. The van der Waals surface area contributed by atoms with Crippen LogP contribution >= 0.6 is 0 Å². The molecule has 1 aromatic heterocycles. The van der Waals surface area contributed by atoms with Crippen LogP contribution in [0.4, 0.5) is 13.2 Å². The fourth-order valence-corrected chi connectivity index (χ4v) is 4.95. The number of nitrogens with zero attached hydrogens (tertiary/aromatic N) is 2. The molecule has 1 saturated heterocycles. The number of amides is 1. The molecule has 3 aromatic rings. The third kappa shape index (κ3) is 7.22. The number of carbonyl (C=O) groups excluding carboxylic acids is 1. The number of hydrogen-bond donors (Lipinski definition) is 1. The lowest BCUT2D eigenvalue weighted by Crippen LogP contribution is -2.51. The van der Waals surface area contributed by atoms with Gasteiger partial charge in [0.05, 0.1) is 12.2 Å². The molecule has 2 heterocycles. The summed E-state index contributed by atoms with van der Waals surface area (Å²) in [4.78, 5) is 20.5. The Morgan fingerprint density at radius 1 is 1.10 bits per heavy atom. The zero-order valence-corrected chi connectivity index (χ0v) is 23.1. The van der Waals surface area contributed by atoms with Crippen molar-refractivity contribution in [3.8, 4) is 11.5 Å². The average molecular weight is 560 g/mol. The molecule has 0 saturated carbocycles. The number of rotatable bonds is 11. The van der Waals surface area contributed by atoms with E-state index in [0.717, 1.165) is 31.5 Å². The van der Waals surface area contributed by atoms with Crippen LogP contribution in [-0.4, -0.2) is 61.3 Å². The van der Waals surface area contributed by atoms with Crippen molar-refractivity contribution in [3.63, 3.8) is 0 Å². The zero-order chi connectivity index (χ0) is 28.7. The van der Waals surface area contributed by atoms with Gasteiger partial charge in [-0.05, 0) is 63.1 Å². The van der Waals surface area contributed by atoms with E-state index in [9.17, 15) is 18.0 Å². The standard InChI is InChI=1S/C30H36F3N3O4/c1-20(2)36(23-10-6-13-34-18-23)29(37)25-17-27(39-15-7-14-38-3)24-11-5-12-26(28(24)35-25)40-19-21-8-4-9-22(16-21)30(31,32)33/h4-5,8-9,11-12,16-17,20,23,34H,6-7,10,13-15,18-19H2,1-3H3/t23-/m1/s1. The quantitative estimate of drug-likeness (QED) is 0.297. The van der Waals surface area contributed by atoms with E-state index in [1.54, 1.807) is 31.4 Å². The van der Waals surface area contributed by atoms with Gasteiger partial charge in [0.1, 0.15) is 29.3 Å². The van der Waals surface area contributed by atoms with E-state index < -0.39 is 11.7 Å². The maximum absolute atomic E-state index is 13.9. The van der Waals surface area contributed by atoms with Crippen LogP contribution in [0.15, 0.2) is 48.5 Å². The molecule has 7 nitrogen and oxygen atoms in total. The first-order valence-corrected chi connectivity index (χ1v) is 13.6. The summed E-state index contributed by atoms with van der Waals surface area (Å²) in [7, 11) is 1.62. The minimum absolute atomic E-state index is 0.0391. The monoisotopic (exact) mass is 559 g/mol. The molecule has 0 bridgehead atoms. The van der Waals surface area contributed by atoms with Crippen LogP contribution in [0.5, 0.6) is 11.5 Å². The van der Waals surface area contributed by atoms with Crippen molar-refractivity contribution in [2.75, 3.05) is 33.4 Å². The number of piperidine rings is 1. The Balaban J connectivity index is 1.69. The molecule has 216 valence electrons. The van der Waals surface area contributed by atoms with Gasteiger partial charge < -0.3 is 24.4 Å². The predicted molar refractivity (Wildman–Crippen MR) is 147 cm³/mol. The van der Waals surface area contributed by atoms with Crippen molar-refractivity contribution in [1.29, 1.82) is 0 Å². The van der Waals surface area contributed by atoms with Crippen molar-refractivity contribution in [2.24, 2.45) is 0 Å². The van der Waals surface area contributed by atoms with Gasteiger partial charge in [-0.15, -0.1) is 0 Å². The Hall–Kier alpha value is -3.37. The summed E-state index contributed by atoms with van der Waals surface area (Å²) in [6.45, 7) is 6.41. The number of alkyl halides is 3. The molecule has 1 aliphatic rings. The van der Waals surface area contributed by atoms with E-state index in [4.69, 9.17) is 19.2 Å². The number of nitrogens with one attached hydrogen (secondary N) is 1. The fourth-order valence-electron chi connectivity index (χ4n) is 4.95. The zero-order valence-electron chi connectivity index (χ0n) is 23.1. The number of aromatic nitrogens is 1. The first-order valence-electron chi connectivity index (χ1n) is 13.6. The molecule has 0 spiro atoms. The first kappa shape index (κ1) is 29.6. The molecular formula is C30H36F3N3O4. The SMILES string of the molecule is COCCCOc1cc(C(=O)N(C(C)C)[C@@H]2CCCNC2)nc2c(OCc3cccc(C(F)(F)F)c3)cccc12. The molecule has 0 radical (unpaired) electrons. The highest BCUT2D eigenvalue weighted by molar-refractivity contribution is 5.98. The summed E-state index contributed by atoms with van der Waals surface area (Å²) in [6.07, 6.45) is -1.91. The highest BCUT2D eigenvalue weighted by Crippen LogP contribution is 2.34. The number of hydrogen-bond acceptors (Lipinski definition) is 6. The minimum Gasteiger partial charge on any atom is -0.493 e. The first-order chi connectivity index (χ1) is 19.2. The van der Waals surface area contributed by atoms with Crippen molar-refractivity contribution in [1.82, 2.24) is 15.2 Å². The van der Waals surface area contributed by atoms with Crippen molar-refractivity contribution in [3.05, 3.63) is 65.4 Å². The van der Waals surface area contributed by atoms with Crippen molar-refractivity contribution < 1.29 is 32.2 Å². The van der Waals surface area contributed by atoms with E-state index in [2.05, 4.69) is 5.32 Å². The second kappa shape index (κ2) is 13.3. The third-order valence-corrected chi connectivity index (χ3v) is 6.84. The largest absolute Gasteiger partial charge is 0.493 e. The van der Waals surface area contributed by atoms with E-state index >= 15 is 0 Å². The normalized spacial score (nSPS) is 15.8. The number of methoxy groups -OCH3 is 1. The van der Waals surface area contributed by atoms with Gasteiger partial charge in [0, 0.05) is 50.2 Å². The van der Waals surface area contributed by atoms with E-state index in [-0.39, 0.29) is 30.3 Å². The molecule has 1 N–H and O–H groups in total. The van der Waals surface area contributed by atoms with Gasteiger partial charge in [0.2, 0.25) is 0 Å². The van der Waals surface area contributed by atoms with Crippen LogP contribution in [0, 0.1) is 0 Å². The van der Waals surface area contributed by atoms with Crippen LogP contribution in [0.25, 0.3) is 10.9 Å². The van der Waals surface area contributed by atoms with Crippen LogP contribution < -0.4 is 14.8 Å². The van der Waals surface area contributed by atoms with Crippen LogP contribution in [0.1, 0.15) is 54.7 Å². The van der Waals surface area contributed by atoms with Crippen molar-refractivity contribution >= 4 is 16.8 Å². The molecule has 1 atom stereocenters. The molecule has 2 aromatic carbocycles. The van der Waals surface area contributed by atoms with Gasteiger partial charge in [-0.3, -0.25) is 4.79 Å². The summed E-state index contributed by atoms with van der Waals surface area (Å²) >= 11 is 0. The van der Waals surface area contributed by atoms with Gasteiger partial charge in [0.25, 0.3) is 5.91 Å². The van der Waals surface area contributed by atoms with E-state index in [0.29, 0.717) is 54.1 Å². The highest BCUT2D eigenvalue weighted by atomic mass is 19.4. The van der Waals surface area contributed by atoms with Gasteiger partial charge in [-0.25, -0.2) is 4.98 Å². The molecule has 0 aliphatic carbocycles. The van der Waals surface area contributed by atoms with Crippen LogP contribution in [0.3, 0.4) is 0 Å². The molecular weight excluding hydrogens is 523 g/mol. The van der Waals surface area contributed by atoms with Gasteiger partial charge >= 0.3 is 6.18 Å². The molecule has 10 heteroatoms. The highest BCUT2D eigenvalue weighted by Gasteiger charge is 2.31. The molecule has 40 heavy (non-hydrogen) atoms. The minimum atomic E-state index is -4.45.